The minimum atomic E-state index is 0.257. The highest BCUT2D eigenvalue weighted by molar-refractivity contribution is 5.66. The quantitative estimate of drug-likeness (QED) is 0.845. The molecule has 0 fully saturated rings. The van der Waals surface area contributed by atoms with Crippen molar-refractivity contribution in [2.24, 2.45) is 0 Å². The second kappa shape index (κ2) is 6.09. The zero-order valence-corrected chi connectivity index (χ0v) is 12.4. The molecule has 0 aliphatic heterocycles. The Kier molecular flexibility index (Phi) is 5.02. The molecule has 104 valence electrons. The average molecular weight is 254 g/mol. The molecule has 0 unspecified atom stereocenters. The summed E-state index contributed by atoms with van der Waals surface area (Å²) in [6.07, 6.45) is 0.257. The number of likely N-dealkylation sites (N-methyl/N-ethyl adjacent to an activating group) is 1. The van der Waals surface area contributed by atoms with Gasteiger partial charge in [-0.1, -0.05) is 0 Å². The van der Waals surface area contributed by atoms with Gasteiger partial charge in [-0.25, -0.2) is 4.68 Å². The van der Waals surface area contributed by atoms with Crippen molar-refractivity contribution in [1.82, 2.24) is 9.78 Å². The van der Waals surface area contributed by atoms with Crippen molar-refractivity contribution in [3.63, 3.8) is 0 Å². The molecule has 0 saturated heterocycles. The summed E-state index contributed by atoms with van der Waals surface area (Å²) in [6.45, 7) is 11.7. The van der Waals surface area contributed by atoms with E-state index >= 15 is 0 Å². The van der Waals surface area contributed by atoms with E-state index in [-0.39, 0.29) is 6.10 Å². The van der Waals surface area contributed by atoms with Gasteiger partial charge in [0.05, 0.1) is 24.1 Å². The molecule has 0 spiro atoms. The maximum Gasteiger partial charge on any atom is 0.150 e. The Hall–Kier alpha value is -1.23. The lowest BCUT2D eigenvalue weighted by atomic mass is 10.3. The minimum Gasteiger partial charge on any atom is -0.394 e. The number of aromatic nitrogens is 2. The van der Waals surface area contributed by atoms with E-state index in [4.69, 9.17) is 10.5 Å². The van der Waals surface area contributed by atoms with Crippen molar-refractivity contribution in [1.29, 1.82) is 0 Å². The predicted octanol–water partition coefficient (Wildman–Crippen LogP) is 2.22. The standard InChI is InChI=1S/C13H26N4O/c1-9(2)17-13(12(14)11(5)15-17)16(6)7-8-18-10(3)4/h9-10H,7-8,14H2,1-6H3. The number of hydrogen-bond donors (Lipinski definition) is 1. The summed E-state index contributed by atoms with van der Waals surface area (Å²) in [5.74, 6) is 0.981. The topological polar surface area (TPSA) is 56.3 Å². The zero-order valence-electron chi connectivity index (χ0n) is 12.4. The third-order valence-corrected chi connectivity index (χ3v) is 2.83. The van der Waals surface area contributed by atoms with E-state index in [1.165, 1.54) is 0 Å². The van der Waals surface area contributed by atoms with Crippen molar-refractivity contribution in [2.45, 2.75) is 46.8 Å². The first-order valence-electron chi connectivity index (χ1n) is 6.51. The molecule has 0 aromatic carbocycles. The van der Waals surface area contributed by atoms with Gasteiger partial charge in [0.25, 0.3) is 0 Å². The lowest BCUT2D eigenvalue weighted by Gasteiger charge is -2.23. The molecule has 0 saturated carbocycles. The van der Waals surface area contributed by atoms with Gasteiger partial charge in [-0.05, 0) is 34.6 Å². The maximum absolute atomic E-state index is 6.11. The van der Waals surface area contributed by atoms with Crippen LogP contribution in [-0.2, 0) is 4.74 Å². The molecule has 2 N–H and O–H groups in total. The highest BCUT2D eigenvalue weighted by Gasteiger charge is 2.18. The van der Waals surface area contributed by atoms with Crippen molar-refractivity contribution in [2.75, 3.05) is 30.8 Å². The van der Waals surface area contributed by atoms with Crippen LogP contribution in [0, 0.1) is 6.92 Å². The van der Waals surface area contributed by atoms with Gasteiger partial charge >= 0.3 is 0 Å². The maximum atomic E-state index is 6.11. The Labute approximate surface area is 110 Å². The van der Waals surface area contributed by atoms with Gasteiger partial charge in [0, 0.05) is 19.6 Å². The summed E-state index contributed by atoms with van der Waals surface area (Å²) >= 11 is 0. The molecule has 1 aromatic rings. The van der Waals surface area contributed by atoms with E-state index in [0.29, 0.717) is 12.6 Å². The van der Waals surface area contributed by atoms with Crippen LogP contribution in [0.2, 0.25) is 0 Å². The normalized spacial score (nSPS) is 11.6. The molecule has 0 radical (unpaired) electrons. The van der Waals surface area contributed by atoms with E-state index in [1.807, 2.05) is 32.5 Å². The van der Waals surface area contributed by atoms with Gasteiger partial charge in [0.2, 0.25) is 0 Å². The van der Waals surface area contributed by atoms with Crippen molar-refractivity contribution < 1.29 is 4.74 Å². The van der Waals surface area contributed by atoms with Crippen LogP contribution in [0.1, 0.15) is 39.4 Å². The molecule has 0 bridgehead atoms. The number of nitrogens with zero attached hydrogens (tertiary/aromatic N) is 3. The molecule has 5 nitrogen and oxygen atoms in total. The monoisotopic (exact) mass is 254 g/mol. The second-order valence-electron chi connectivity index (χ2n) is 5.20. The molecule has 1 aromatic heterocycles. The summed E-state index contributed by atoms with van der Waals surface area (Å²) in [6, 6.07) is 0.296. The predicted molar refractivity (Wildman–Crippen MR) is 76.1 cm³/mol. The molecular formula is C13H26N4O. The summed E-state index contributed by atoms with van der Waals surface area (Å²) < 4.78 is 7.54. The number of anilines is 2. The van der Waals surface area contributed by atoms with Crippen LogP contribution >= 0.6 is 0 Å². The molecule has 1 heterocycles. The fraction of sp³-hybridized carbons (Fsp3) is 0.769. The summed E-state index contributed by atoms with van der Waals surface area (Å²) in [4.78, 5) is 2.11. The molecule has 18 heavy (non-hydrogen) atoms. The summed E-state index contributed by atoms with van der Waals surface area (Å²) in [5, 5.41) is 4.48. The third kappa shape index (κ3) is 3.38. The van der Waals surface area contributed by atoms with Gasteiger partial charge in [-0.3, -0.25) is 0 Å². The van der Waals surface area contributed by atoms with Crippen molar-refractivity contribution >= 4 is 11.5 Å². The molecule has 1 rings (SSSR count). The number of ether oxygens (including phenoxy) is 1. The number of nitrogen functional groups attached to an aromatic ring is 1. The largest absolute Gasteiger partial charge is 0.394 e. The van der Waals surface area contributed by atoms with E-state index < -0.39 is 0 Å². The van der Waals surface area contributed by atoms with Crippen LogP contribution in [0.5, 0.6) is 0 Å². The molecule has 0 atom stereocenters. The van der Waals surface area contributed by atoms with Gasteiger partial charge in [0.15, 0.2) is 5.82 Å². The Morgan fingerprint density at radius 2 is 1.94 bits per heavy atom. The summed E-state index contributed by atoms with van der Waals surface area (Å²) in [7, 11) is 2.02. The van der Waals surface area contributed by atoms with Crippen molar-refractivity contribution in [3.05, 3.63) is 5.69 Å². The highest BCUT2D eigenvalue weighted by Crippen LogP contribution is 2.28. The Morgan fingerprint density at radius 3 is 2.44 bits per heavy atom. The van der Waals surface area contributed by atoms with Gasteiger partial charge in [-0.15, -0.1) is 0 Å². The fourth-order valence-electron chi connectivity index (χ4n) is 1.82. The fourth-order valence-corrected chi connectivity index (χ4v) is 1.82. The number of rotatable bonds is 6. The Balaban J connectivity index is 2.80. The lowest BCUT2D eigenvalue weighted by molar-refractivity contribution is 0.0844. The van der Waals surface area contributed by atoms with Gasteiger partial charge in [-0.2, -0.15) is 5.10 Å². The molecule has 0 aliphatic carbocycles. The molecule has 0 aliphatic rings. The van der Waals surface area contributed by atoms with Crippen molar-refractivity contribution in [3.8, 4) is 0 Å². The minimum absolute atomic E-state index is 0.257. The average Bonchev–Trinajstić information content (AvgIpc) is 2.55. The SMILES string of the molecule is Cc1nn(C(C)C)c(N(C)CCOC(C)C)c1N. The van der Waals surface area contributed by atoms with E-state index in [1.54, 1.807) is 0 Å². The van der Waals surface area contributed by atoms with E-state index in [0.717, 1.165) is 23.7 Å². The first kappa shape index (κ1) is 14.8. The van der Waals surface area contributed by atoms with Crippen LogP contribution in [0.4, 0.5) is 11.5 Å². The van der Waals surface area contributed by atoms with E-state index in [9.17, 15) is 0 Å². The van der Waals surface area contributed by atoms with Crippen LogP contribution in [-0.4, -0.2) is 36.1 Å². The van der Waals surface area contributed by atoms with Gasteiger partial charge in [0.1, 0.15) is 0 Å². The number of aryl methyl sites for hydroxylation is 1. The number of nitrogens with two attached hydrogens (primary N) is 1. The Bertz CT molecular complexity index is 385. The Morgan fingerprint density at radius 1 is 1.33 bits per heavy atom. The highest BCUT2D eigenvalue weighted by atomic mass is 16.5. The first-order chi connectivity index (χ1) is 8.34. The van der Waals surface area contributed by atoms with Crippen LogP contribution in [0.15, 0.2) is 0 Å². The van der Waals surface area contributed by atoms with Crippen LogP contribution in [0.25, 0.3) is 0 Å². The zero-order chi connectivity index (χ0) is 13.9. The molecule has 5 heteroatoms. The summed E-state index contributed by atoms with van der Waals surface area (Å²) in [5.41, 5.74) is 7.75. The lowest BCUT2D eigenvalue weighted by Crippen LogP contribution is -2.27. The third-order valence-electron chi connectivity index (χ3n) is 2.83. The van der Waals surface area contributed by atoms with E-state index in [2.05, 4.69) is 23.8 Å². The molecule has 0 amide bonds. The first-order valence-corrected chi connectivity index (χ1v) is 6.51. The number of hydrogen-bond acceptors (Lipinski definition) is 4. The van der Waals surface area contributed by atoms with Gasteiger partial charge < -0.3 is 15.4 Å². The second-order valence-corrected chi connectivity index (χ2v) is 5.20. The molecular weight excluding hydrogens is 228 g/mol. The van der Waals surface area contributed by atoms with Crippen LogP contribution in [0.3, 0.4) is 0 Å². The van der Waals surface area contributed by atoms with Crippen LogP contribution < -0.4 is 10.6 Å². The smallest absolute Gasteiger partial charge is 0.150 e.